The van der Waals surface area contributed by atoms with Gasteiger partial charge in [-0.25, -0.2) is 0 Å². The highest BCUT2D eigenvalue weighted by Gasteiger charge is 2.47. The fourth-order valence-electron chi connectivity index (χ4n) is 2.23. The summed E-state index contributed by atoms with van der Waals surface area (Å²) < 4.78 is 16.6. The summed E-state index contributed by atoms with van der Waals surface area (Å²) in [5.74, 6) is 0. The van der Waals surface area contributed by atoms with Gasteiger partial charge in [-0.05, 0) is 13.5 Å². The average Bonchev–Trinajstić information content (AvgIpc) is 2.43. The van der Waals surface area contributed by atoms with Gasteiger partial charge in [0, 0.05) is 26.8 Å². The van der Waals surface area contributed by atoms with Crippen LogP contribution in [0.5, 0.6) is 0 Å². The van der Waals surface area contributed by atoms with E-state index < -0.39 is 0 Å². The molecular weight excluding hydrogens is 181 g/mol. The topological polar surface area (TPSA) is 39.7 Å². The number of nitrogens with one attached hydrogen (secondary N) is 1. The lowest BCUT2D eigenvalue weighted by Crippen LogP contribution is -2.51. The molecule has 1 rings (SSSR count). The first-order valence-electron chi connectivity index (χ1n) is 5.02. The van der Waals surface area contributed by atoms with E-state index in [-0.39, 0.29) is 17.7 Å². The fourth-order valence-corrected chi connectivity index (χ4v) is 2.23. The summed E-state index contributed by atoms with van der Waals surface area (Å²) in [7, 11) is 7.40. The molecule has 0 unspecified atom stereocenters. The van der Waals surface area contributed by atoms with Crippen molar-refractivity contribution in [3.05, 3.63) is 0 Å². The molecule has 5 heteroatoms. The Morgan fingerprint density at radius 1 is 1.57 bits per heavy atom. The first-order valence-corrected chi connectivity index (χ1v) is 5.02. The molecule has 0 radical (unpaired) electrons. The summed E-state index contributed by atoms with van der Waals surface area (Å²) in [6.07, 6.45) is 1.05. The van der Waals surface area contributed by atoms with Gasteiger partial charge in [-0.1, -0.05) is 0 Å². The van der Waals surface area contributed by atoms with Gasteiger partial charge in [-0.3, -0.25) is 0 Å². The highest BCUT2D eigenvalue weighted by atomic mass is 16.6. The van der Waals surface area contributed by atoms with Gasteiger partial charge in [-0.2, -0.15) is 0 Å². The molecule has 0 saturated carbocycles. The summed E-state index contributed by atoms with van der Waals surface area (Å²) >= 11 is 0. The van der Waals surface area contributed by atoms with Crippen LogP contribution in [-0.2, 0) is 14.2 Å². The minimum atomic E-state index is -0.322. The van der Waals surface area contributed by atoms with Gasteiger partial charge in [0.15, 0.2) is 0 Å². The predicted molar refractivity (Wildman–Crippen MR) is 57.4 cm³/mol. The van der Waals surface area contributed by atoms with Crippen LogP contribution in [0.25, 0.3) is 0 Å². The van der Waals surface area contributed by atoms with Crippen molar-refractivity contribution in [2.45, 2.75) is 24.1 Å². The minimum Gasteiger partial charge on any atom is -0.382 e. The molecule has 0 aliphatic carbocycles. The van der Waals surface area contributed by atoms with Gasteiger partial charge in [-0.15, -0.1) is 0 Å². The monoisotopic (exact) mass is 201 g/mol. The zero-order valence-corrected chi connectivity index (χ0v) is 9.50. The van der Waals surface area contributed by atoms with E-state index in [1.807, 2.05) is 7.05 Å². The van der Waals surface area contributed by atoms with Crippen LogP contribution in [0.15, 0.2) is 0 Å². The van der Waals surface area contributed by atoms with Gasteiger partial charge in [0.2, 0.25) is 0 Å². The fraction of sp³-hybridized carbons (Fsp3) is 1.00. The van der Waals surface area contributed by atoms with Crippen LogP contribution in [0.3, 0.4) is 0 Å². The highest BCUT2D eigenvalue weighted by molar-refractivity contribution is 6.11. The smallest absolute Gasteiger partial charge is 0.139 e. The van der Waals surface area contributed by atoms with Crippen molar-refractivity contribution in [3.63, 3.8) is 0 Å². The molecule has 1 aliphatic heterocycles. The Bertz CT molecular complexity index is 173. The van der Waals surface area contributed by atoms with E-state index in [9.17, 15) is 0 Å². The highest BCUT2D eigenvalue weighted by Crippen LogP contribution is 2.31. The molecule has 1 N–H and O–H groups in total. The molecule has 1 fully saturated rings. The van der Waals surface area contributed by atoms with Crippen molar-refractivity contribution in [1.29, 1.82) is 0 Å². The van der Waals surface area contributed by atoms with Crippen molar-refractivity contribution in [2.24, 2.45) is 0 Å². The van der Waals surface area contributed by atoms with E-state index in [2.05, 4.69) is 13.2 Å². The van der Waals surface area contributed by atoms with Crippen LogP contribution < -0.4 is 5.32 Å². The second kappa shape index (κ2) is 5.12. The second-order valence-electron chi connectivity index (χ2n) is 3.92. The molecule has 0 aromatic carbocycles. The Labute approximate surface area is 86.7 Å². The molecule has 1 aliphatic rings. The largest absolute Gasteiger partial charge is 0.382 e. The number of hydrogen-bond donors (Lipinski definition) is 1. The molecule has 0 aromatic heterocycles. The summed E-state index contributed by atoms with van der Waals surface area (Å²) in [6, 6.07) is 0.239. The lowest BCUT2D eigenvalue weighted by Gasteiger charge is -2.33. The number of rotatable bonds is 5. The van der Waals surface area contributed by atoms with E-state index in [0.29, 0.717) is 6.61 Å². The summed E-state index contributed by atoms with van der Waals surface area (Å²) in [4.78, 5) is 0. The molecule has 82 valence electrons. The Morgan fingerprint density at radius 3 is 2.79 bits per heavy atom. The zero-order chi connectivity index (χ0) is 10.6. The maximum absolute atomic E-state index is 5.92. The van der Waals surface area contributed by atoms with Gasteiger partial charge in [0.1, 0.15) is 13.4 Å². The summed E-state index contributed by atoms with van der Waals surface area (Å²) in [5, 5.41) is 3.14. The van der Waals surface area contributed by atoms with Gasteiger partial charge < -0.3 is 19.5 Å². The lowest BCUT2D eigenvalue weighted by molar-refractivity contribution is -0.112. The molecule has 0 bridgehead atoms. The minimum absolute atomic E-state index is 0.116. The van der Waals surface area contributed by atoms with E-state index in [1.165, 1.54) is 0 Å². The maximum Gasteiger partial charge on any atom is 0.139 e. The van der Waals surface area contributed by atoms with Gasteiger partial charge in [0.25, 0.3) is 0 Å². The van der Waals surface area contributed by atoms with Crippen molar-refractivity contribution >= 4 is 7.85 Å². The van der Waals surface area contributed by atoms with E-state index in [4.69, 9.17) is 14.2 Å². The SMILES string of the molecule is B[C@H]1C[C@H](OC)[C@@](CNC)(COC)O1. The number of ether oxygens (including phenoxy) is 3. The second-order valence-corrected chi connectivity index (χ2v) is 3.92. The van der Waals surface area contributed by atoms with Crippen LogP contribution in [0.2, 0.25) is 0 Å². The molecule has 1 heterocycles. The van der Waals surface area contributed by atoms with Crippen LogP contribution >= 0.6 is 0 Å². The third kappa shape index (κ3) is 2.28. The van der Waals surface area contributed by atoms with Crippen LogP contribution in [0.4, 0.5) is 0 Å². The van der Waals surface area contributed by atoms with Crippen molar-refractivity contribution < 1.29 is 14.2 Å². The van der Waals surface area contributed by atoms with E-state index in [1.54, 1.807) is 14.2 Å². The normalized spacial score (nSPS) is 37.6. The third-order valence-electron chi connectivity index (χ3n) is 2.72. The van der Waals surface area contributed by atoms with Crippen LogP contribution in [-0.4, -0.2) is 60.0 Å². The predicted octanol–water partition coefficient (Wildman–Crippen LogP) is -1.01. The number of methoxy groups -OCH3 is 2. The van der Waals surface area contributed by atoms with Crippen molar-refractivity contribution in [3.8, 4) is 0 Å². The molecular formula is C9H20BNO3. The van der Waals surface area contributed by atoms with Gasteiger partial charge >= 0.3 is 0 Å². The number of hydrogen-bond acceptors (Lipinski definition) is 4. The Kier molecular flexibility index (Phi) is 4.38. The molecule has 4 nitrogen and oxygen atoms in total. The summed E-state index contributed by atoms with van der Waals surface area (Å²) in [6.45, 7) is 1.32. The summed E-state index contributed by atoms with van der Waals surface area (Å²) in [5.41, 5.74) is -0.322. The molecule has 0 amide bonds. The van der Waals surface area contributed by atoms with E-state index >= 15 is 0 Å². The Balaban J connectivity index is 2.72. The molecule has 1 saturated heterocycles. The zero-order valence-electron chi connectivity index (χ0n) is 9.50. The molecule has 0 aromatic rings. The third-order valence-corrected chi connectivity index (χ3v) is 2.72. The molecule has 0 spiro atoms. The Hall–Kier alpha value is -0.0951. The lowest BCUT2D eigenvalue weighted by atomic mass is 9.92. The number of likely N-dealkylation sites (N-methyl/N-ethyl adjacent to an activating group) is 1. The maximum atomic E-state index is 5.92. The van der Waals surface area contributed by atoms with Crippen molar-refractivity contribution in [2.75, 3.05) is 34.4 Å². The van der Waals surface area contributed by atoms with Crippen LogP contribution in [0, 0.1) is 0 Å². The van der Waals surface area contributed by atoms with Gasteiger partial charge in [0.05, 0.1) is 12.7 Å². The van der Waals surface area contributed by atoms with E-state index in [0.717, 1.165) is 13.0 Å². The quantitative estimate of drug-likeness (QED) is 0.578. The Morgan fingerprint density at radius 2 is 2.29 bits per heavy atom. The molecule has 14 heavy (non-hydrogen) atoms. The van der Waals surface area contributed by atoms with Crippen LogP contribution in [0.1, 0.15) is 6.42 Å². The first-order chi connectivity index (χ1) is 6.68. The van der Waals surface area contributed by atoms with Crippen molar-refractivity contribution in [1.82, 2.24) is 5.32 Å². The molecule has 3 atom stereocenters. The first kappa shape index (κ1) is 12.0. The average molecular weight is 201 g/mol. The standard InChI is InChI=1S/C9H20BNO3/c1-11-5-9(6-12-2)7(13-3)4-8(10)14-9/h7-8,11H,4-6,10H2,1-3H3/t7-,8+,9+/m0/s1.